The third-order valence-electron chi connectivity index (χ3n) is 4.24. The van der Waals surface area contributed by atoms with Crippen LogP contribution < -0.4 is 4.74 Å². The highest BCUT2D eigenvalue weighted by Gasteiger charge is 2.37. The van der Waals surface area contributed by atoms with Crippen molar-refractivity contribution >= 4 is 5.91 Å². The molecule has 0 radical (unpaired) electrons. The number of methoxy groups -OCH3 is 1. The molecule has 1 aliphatic rings. The molecule has 132 valence electrons. The zero-order valence-corrected chi connectivity index (χ0v) is 13.9. The van der Waals surface area contributed by atoms with Gasteiger partial charge < -0.3 is 14.7 Å². The predicted molar refractivity (Wildman–Crippen MR) is 86.3 cm³/mol. The van der Waals surface area contributed by atoms with Crippen molar-refractivity contribution < 1.29 is 23.4 Å². The number of aryl methyl sites for hydroxylation is 1. The summed E-state index contributed by atoms with van der Waals surface area (Å²) >= 11 is 0. The maximum absolute atomic E-state index is 14.2. The fraction of sp³-hybridized carbons (Fsp3) is 0.333. The van der Waals surface area contributed by atoms with E-state index in [1.807, 2.05) is 0 Å². The average molecular weight is 348 g/mol. The van der Waals surface area contributed by atoms with E-state index < -0.39 is 29.7 Å². The first-order valence-corrected chi connectivity index (χ1v) is 7.85. The number of halogens is 2. The normalized spacial score (nSPS) is 20.0. The van der Waals surface area contributed by atoms with Gasteiger partial charge in [0, 0.05) is 29.4 Å². The molecule has 1 fully saturated rings. The third kappa shape index (κ3) is 3.46. The van der Waals surface area contributed by atoms with E-state index in [0.29, 0.717) is 11.3 Å². The van der Waals surface area contributed by atoms with Gasteiger partial charge in [0.25, 0.3) is 5.91 Å². The molecule has 2 atom stereocenters. The summed E-state index contributed by atoms with van der Waals surface area (Å²) in [5.74, 6) is -1.31. The Balaban J connectivity index is 1.98. The number of amides is 1. The smallest absolute Gasteiger partial charge is 0.254 e. The van der Waals surface area contributed by atoms with Crippen LogP contribution in [0, 0.1) is 18.6 Å². The summed E-state index contributed by atoms with van der Waals surface area (Å²) < 4.78 is 32.8. The molecule has 0 aliphatic carbocycles. The zero-order chi connectivity index (χ0) is 18.1. The van der Waals surface area contributed by atoms with Gasteiger partial charge in [0.1, 0.15) is 11.6 Å². The molecule has 1 aromatic carbocycles. The second kappa shape index (κ2) is 6.76. The number of ether oxygens (including phenoxy) is 1. The van der Waals surface area contributed by atoms with Crippen LogP contribution in [0.3, 0.4) is 0 Å². The number of β-amino-alcohol motifs (C(OH)–C–C–N with tert-alkyl or cyclic N) is 1. The molecule has 2 aromatic rings. The highest BCUT2D eigenvalue weighted by Crippen LogP contribution is 2.35. The molecule has 2 heterocycles. The van der Waals surface area contributed by atoms with Gasteiger partial charge in [-0.05, 0) is 37.6 Å². The molecule has 0 spiro atoms. The summed E-state index contributed by atoms with van der Waals surface area (Å²) in [6.45, 7) is 1.77. The van der Waals surface area contributed by atoms with Crippen LogP contribution in [0.25, 0.3) is 0 Å². The molecule has 1 amide bonds. The lowest BCUT2D eigenvalue weighted by atomic mass is 10.0. The zero-order valence-electron chi connectivity index (χ0n) is 13.9. The van der Waals surface area contributed by atoms with Crippen LogP contribution in [0.5, 0.6) is 5.88 Å². The maximum Gasteiger partial charge on any atom is 0.254 e. The molecule has 7 heteroatoms. The highest BCUT2D eigenvalue weighted by atomic mass is 19.1. The van der Waals surface area contributed by atoms with E-state index in [1.54, 1.807) is 13.0 Å². The summed E-state index contributed by atoms with van der Waals surface area (Å²) in [7, 11) is 1.45. The lowest BCUT2D eigenvalue weighted by molar-refractivity contribution is 0.0713. The number of rotatable bonds is 3. The maximum atomic E-state index is 14.2. The number of hydrogen-bond acceptors (Lipinski definition) is 4. The van der Waals surface area contributed by atoms with Gasteiger partial charge in [0.15, 0.2) is 0 Å². The number of likely N-dealkylation sites (tertiary alicyclic amines) is 1. The standard InChI is InChI=1S/C18H18F2N2O3/c1-10-5-11(6-17(21-10)25-2)18(24)22-9-13(23)8-16(22)14-7-12(19)3-4-15(14)20/h3-7,13,16,23H,8-9H2,1-2H3/t13-,16+/m1/s1. The Hall–Kier alpha value is -2.54. The summed E-state index contributed by atoms with van der Waals surface area (Å²) in [6, 6.07) is 5.45. The monoisotopic (exact) mass is 348 g/mol. The Morgan fingerprint density at radius 1 is 1.32 bits per heavy atom. The molecule has 1 saturated heterocycles. The minimum atomic E-state index is -0.804. The Labute approximate surface area is 143 Å². The number of aliphatic hydroxyl groups excluding tert-OH is 1. The van der Waals surface area contributed by atoms with Crippen molar-refractivity contribution in [3.63, 3.8) is 0 Å². The van der Waals surface area contributed by atoms with Crippen LogP contribution >= 0.6 is 0 Å². The van der Waals surface area contributed by atoms with Gasteiger partial charge >= 0.3 is 0 Å². The van der Waals surface area contributed by atoms with Crippen LogP contribution in [0.2, 0.25) is 0 Å². The Bertz CT molecular complexity index is 813. The fourth-order valence-electron chi connectivity index (χ4n) is 3.14. The largest absolute Gasteiger partial charge is 0.481 e. The van der Waals surface area contributed by atoms with E-state index in [4.69, 9.17) is 4.74 Å². The van der Waals surface area contributed by atoms with Gasteiger partial charge in [-0.2, -0.15) is 0 Å². The average Bonchev–Trinajstić information content (AvgIpc) is 2.97. The quantitative estimate of drug-likeness (QED) is 0.926. The minimum Gasteiger partial charge on any atom is -0.481 e. The lowest BCUT2D eigenvalue weighted by Crippen LogP contribution is -2.32. The third-order valence-corrected chi connectivity index (χ3v) is 4.24. The second-order valence-corrected chi connectivity index (χ2v) is 6.07. The molecule has 0 saturated carbocycles. The first kappa shape index (κ1) is 17.3. The topological polar surface area (TPSA) is 62.7 Å². The molecule has 0 bridgehead atoms. The number of carbonyl (C=O) groups is 1. The molecular weight excluding hydrogens is 330 g/mol. The number of carbonyl (C=O) groups excluding carboxylic acids is 1. The predicted octanol–water partition coefficient (Wildman–Crippen LogP) is 2.62. The summed E-state index contributed by atoms with van der Waals surface area (Å²) in [5.41, 5.74) is 0.971. The first-order chi connectivity index (χ1) is 11.9. The Morgan fingerprint density at radius 2 is 2.08 bits per heavy atom. The van der Waals surface area contributed by atoms with Crippen molar-refractivity contribution in [2.24, 2.45) is 0 Å². The van der Waals surface area contributed by atoms with Crippen LogP contribution in [0.4, 0.5) is 8.78 Å². The number of hydrogen-bond donors (Lipinski definition) is 1. The SMILES string of the molecule is COc1cc(C(=O)N2C[C@H](O)C[C@H]2c2cc(F)ccc2F)cc(C)n1. The number of benzene rings is 1. The second-order valence-electron chi connectivity index (χ2n) is 6.07. The van der Waals surface area contributed by atoms with Crippen LogP contribution in [0.15, 0.2) is 30.3 Å². The summed E-state index contributed by atoms with van der Waals surface area (Å²) in [4.78, 5) is 18.4. The summed E-state index contributed by atoms with van der Waals surface area (Å²) in [5, 5.41) is 10.00. The van der Waals surface area contributed by atoms with Crippen molar-refractivity contribution in [1.82, 2.24) is 9.88 Å². The molecule has 1 N–H and O–H groups in total. The number of pyridine rings is 1. The Morgan fingerprint density at radius 3 is 2.80 bits per heavy atom. The van der Waals surface area contributed by atoms with Crippen LogP contribution in [-0.4, -0.2) is 40.7 Å². The molecule has 3 rings (SSSR count). The van der Waals surface area contributed by atoms with E-state index in [2.05, 4.69) is 4.98 Å². The summed E-state index contributed by atoms with van der Waals surface area (Å²) in [6.07, 6.45) is -0.658. The van der Waals surface area contributed by atoms with Gasteiger partial charge in [-0.25, -0.2) is 13.8 Å². The number of aromatic nitrogens is 1. The van der Waals surface area contributed by atoms with Crippen molar-refractivity contribution in [2.45, 2.75) is 25.5 Å². The van der Waals surface area contributed by atoms with E-state index in [1.165, 1.54) is 18.1 Å². The van der Waals surface area contributed by atoms with Crippen molar-refractivity contribution in [3.8, 4) is 5.88 Å². The van der Waals surface area contributed by atoms with Crippen molar-refractivity contribution in [2.75, 3.05) is 13.7 Å². The fourth-order valence-corrected chi connectivity index (χ4v) is 3.14. The van der Waals surface area contributed by atoms with E-state index >= 15 is 0 Å². The minimum absolute atomic E-state index is 0.0448. The van der Waals surface area contributed by atoms with Gasteiger partial charge in [0.2, 0.25) is 5.88 Å². The molecule has 1 aromatic heterocycles. The van der Waals surface area contributed by atoms with Crippen LogP contribution in [-0.2, 0) is 0 Å². The van der Waals surface area contributed by atoms with E-state index in [-0.39, 0.29) is 24.4 Å². The van der Waals surface area contributed by atoms with Crippen molar-refractivity contribution in [1.29, 1.82) is 0 Å². The van der Waals surface area contributed by atoms with Gasteiger partial charge in [-0.3, -0.25) is 4.79 Å². The molecule has 0 unspecified atom stereocenters. The van der Waals surface area contributed by atoms with Crippen LogP contribution in [0.1, 0.15) is 34.1 Å². The van der Waals surface area contributed by atoms with Gasteiger partial charge in [0.05, 0.1) is 19.3 Å². The number of aliphatic hydroxyl groups is 1. The molecular formula is C18H18F2N2O3. The highest BCUT2D eigenvalue weighted by molar-refractivity contribution is 5.95. The number of nitrogens with zero attached hydrogens (tertiary/aromatic N) is 2. The van der Waals surface area contributed by atoms with Crippen molar-refractivity contribution in [3.05, 3.63) is 58.8 Å². The molecule has 1 aliphatic heterocycles. The van der Waals surface area contributed by atoms with Gasteiger partial charge in [-0.15, -0.1) is 0 Å². The first-order valence-electron chi connectivity index (χ1n) is 7.85. The molecule has 25 heavy (non-hydrogen) atoms. The lowest BCUT2D eigenvalue weighted by Gasteiger charge is -2.25. The molecule has 5 nitrogen and oxygen atoms in total. The Kier molecular flexibility index (Phi) is 4.67. The van der Waals surface area contributed by atoms with Gasteiger partial charge in [-0.1, -0.05) is 0 Å². The van der Waals surface area contributed by atoms with E-state index in [0.717, 1.165) is 18.2 Å². The van der Waals surface area contributed by atoms with E-state index in [9.17, 15) is 18.7 Å².